The van der Waals surface area contributed by atoms with Crippen molar-refractivity contribution in [3.63, 3.8) is 0 Å². The first-order chi connectivity index (χ1) is 11.8. The lowest BCUT2D eigenvalue weighted by atomic mass is 10.2. The van der Waals surface area contributed by atoms with E-state index in [9.17, 15) is 23.5 Å². The molecule has 1 aromatic rings. The van der Waals surface area contributed by atoms with Crippen LogP contribution in [-0.2, 0) is 9.53 Å². The van der Waals surface area contributed by atoms with Crippen LogP contribution < -0.4 is 15.5 Å². The molecule has 3 rings (SSSR count). The van der Waals surface area contributed by atoms with Gasteiger partial charge in [-0.05, 0) is 0 Å². The maximum absolute atomic E-state index is 14.5. The minimum atomic E-state index is -1.44. The number of amides is 2. The molecule has 25 heavy (non-hydrogen) atoms. The number of nitrogens with one attached hydrogen (secondary N) is 1. The molecule has 11 heteroatoms. The Morgan fingerprint density at radius 2 is 2.04 bits per heavy atom. The molecule has 0 aliphatic carbocycles. The standard InChI is InChI=1S/C14H14F2N4O4S/c15-7-3-6(20-5-9(11(17)21)24-14(20)23)4-8(16)10(7)19-1-2-25-12(18)13(19)22/h3-4,9,13,18,22H,1-2,5H2,(H2,17,21)/t9-,13?/m1/s1. The van der Waals surface area contributed by atoms with Crippen LogP contribution in [0.3, 0.4) is 0 Å². The lowest BCUT2D eigenvalue weighted by Crippen LogP contribution is -2.46. The summed E-state index contributed by atoms with van der Waals surface area (Å²) in [7, 11) is 0. The van der Waals surface area contributed by atoms with E-state index in [0.29, 0.717) is 5.75 Å². The highest BCUT2D eigenvalue weighted by Gasteiger charge is 2.37. The summed E-state index contributed by atoms with van der Waals surface area (Å²) < 4.78 is 33.7. The molecule has 2 fully saturated rings. The van der Waals surface area contributed by atoms with Gasteiger partial charge in [0.05, 0.1) is 12.2 Å². The Labute approximate surface area is 145 Å². The molecule has 2 heterocycles. The van der Waals surface area contributed by atoms with Crippen molar-refractivity contribution in [2.24, 2.45) is 5.73 Å². The smallest absolute Gasteiger partial charge is 0.415 e. The number of hydrogen-bond donors (Lipinski definition) is 3. The monoisotopic (exact) mass is 372 g/mol. The summed E-state index contributed by atoms with van der Waals surface area (Å²) >= 11 is 1.10. The number of nitrogens with two attached hydrogens (primary N) is 1. The zero-order valence-electron chi connectivity index (χ0n) is 12.7. The molecule has 2 aliphatic rings. The van der Waals surface area contributed by atoms with Crippen molar-refractivity contribution in [3.05, 3.63) is 23.8 Å². The number of aliphatic hydroxyl groups excluding tert-OH is 1. The van der Waals surface area contributed by atoms with Gasteiger partial charge in [0, 0.05) is 24.4 Å². The largest absolute Gasteiger partial charge is 0.434 e. The molecule has 2 saturated heterocycles. The Kier molecular flexibility index (Phi) is 4.52. The van der Waals surface area contributed by atoms with Crippen LogP contribution in [0.15, 0.2) is 12.1 Å². The van der Waals surface area contributed by atoms with Crippen LogP contribution in [0.4, 0.5) is 25.0 Å². The minimum Gasteiger partial charge on any atom is -0.434 e. The van der Waals surface area contributed by atoms with E-state index in [4.69, 9.17) is 15.9 Å². The van der Waals surface area contributed by atoms with Gasteiger partial charge in [-0.25, -0.2) is 13.6 Å². The van der Waals surface area contributed by atoms with Crippen LogP contribution in [0, 0.1) is 17.0 Å². The van der Waals surface area contributed by atoms with Crippen molar-refractivity contribution in [2.45, 2.75) is 12.3 Å². The van der Waals surface area contributed by atoms with Crippen LogP contribution in [0.1, 0.15) is 0 Å². The van der Waals surface area contributed by atoms with Gasteiger partial charge in [0.15, 0.2) is 24.0 Å². The Bertz CT molecular complexity index is 739. The van der Waals surface area contributed by atoms with Crippen molar-refractivity contribution in [3.8, 4) is 0 Å². The molecule has 2 aliphatic heterocycles. The van der Waals surface area contributed by atoms with E-state index >= 15 is 0 Å². The summed E-state index contributed by atoms with van der Waals surface area (Å²) in [4.78, 5) is 24.8. The number of halogens is 2. The van der Waals surface area contributed by atoms with Gasteiger partial charge in [-0.3, -0.25) is 15.1 Å². The third kappa shape index (κ3) is 3.12. The van der Waals surface area contributed by atoms with Crippen molar-refractivity contribution in [2.75, 3.05) is 28.6 Å². The number of benzene rings is 1. The molecule has 2 amide bonds. The Morgan fingerprint density at radius 3 is 2.60 bits per heavy atom. The number of aliphatic hydroxyl groups is 1. The molecule has 2 atom stereocenters. The fraction of sp³-hybridized carbons (Fsp3) is 0.357. The fourth-order valence-electron chi connectivity index (χ4n) is 2.63. The van der Waals surface area contributed by atoms with Crippen LogP contribution >= 0.6 is 11.8 Å². The van der Waals surface area contributed by atoms with Crippen molar-refractivity contribution in [1.29, 1.82) is 5.41 Å². The molecular weight excluding hydrogens is 358 g/mol. The minimum absolute atomic E-state index is 0.110. The number of rotatable bonds is 3. The summed E-state index contributed by atoms with van der Waals surface area (Å²) in [5.74, 6) is -2.48. The molecule has 0 radical (unpaired) electrons. The highest BCUT2D eigenvalue weighted by molar-refractivity contribution is 8.14. The van der Waals surface area contributed by atoms with Crippen LogP contribution in [-0.4, -0.2) is 53.3 Å². The van der Waals surface area contributed by atoms with Gasteiger partial charge in [-0.15, -0.1) is 11.8 Å². The molecular formula is C14H14F2N4O4S. The summed E-state index contributed by atoms with van der Waals surface area (Å²) in [6.45, 7) is -0.100. The van der Waals surface area contributed by atoms with Crippen molar-refractivity contribution in [1.82, 2.24) is 0 Å². The number of hydrogen-bond acceptors (Lipinski definition) is 7. The number of carbonyl (C=O) groups is 2. The van der Waals surface area contributed by atoms with Gasteiger partial charge < -0.3 is 20.5 Å². The van der Waals surface area contributed by atoms with Crippen molar-refractivity contribution >= 4 is 40.2 Å². The molecule has 4 N–H and O–H groups in total. The summed E-state index contributed by atoms with van der Waals surface area (Å²) in [5.41, 5.74) is 4.44. The predicted molar refractivity (Wildman–Crippen MR) is 86.7 cm³/mol. The molecule has 8 nitrogen and oxygen atoms in total. The molecule has 0 spiro atoms. The van der Waals surface area contributed by atoms with Gasteiger partial charge >= 0.3 is 6.09 Å². The fourth-order valence-corrected chi connectivity index (χ4v) is 3.41. The predicted octanol–water partition coefficient (Wildman–Crippen LogP) is 0.624. The SMILES string of the molecule is N=C1SCCN(c2c(F)cc(N3C[C@H](C(N)=O)OC3=O)cc2F)C1O. The van der Waals surface area contributed by atoms with Gasteiger partial charge in [-0.1, -0.05) is 0 Å². The second-order valence-corrected chi connectivity index (χ2v) is 6.56. The zero-order valence-corrected chi connectivity index (χ0v) is 13.6. The highest BCUT2D eigenvalue weighted by Crippen LogP contribution is 2.33. The normalized spacial score (nSPS) is 23.8. The number of ether oxygens (including phenoxy) is 1. The molecule has 134 valence electrons. The number of nitrogens with zero attached hydrogens (tertiary/aromatic N) is 2. The van der Waals surface area contributed by atoms with Gasteiger partial charge in [-0.2, -0.15) is 0 Å². The van der Waals surface area contributed by atoms with E-state index in [1.165, 1.54) is 0 Å². The van der Waals surface area contributed by atoms with E-state index < -0.39 is 41.7 Å². The summed E-state index contributed by atoms with van der Waals surface area (Å²) in [6, 6.07) is 1.81. The number of primary amides is 1. The number of anilines is 2. The van der Waals surface area contributed by atoms with E-state index in [-0.39, 0.29) is 23.8 Å². The Morgan fingerprint density at radius 1 is 1.40 bits per heavy atom. The average molecular weight is 372 g/mol. The molecule has 1 aromatic carbocycles. The summed E-state index contributed by atoms with van der Waals surface area (Å²) in [5, 5.41) is 17.5. The summed E-state index contributed by atoms with van der Waals surface area (Å²) in [6.07, 6.45) is -3.57. The first kappa shape index (κ1) is 17.4. The number of carbonyl (C=O) groups excluding carboxylic acids is 2. The van der Waals surface area contributed by atoms with E-state index in [0.717, 1.165) is 33.7 Å². The second kappa shape index (κ2) is 6.48. The van der Waals surface area contributed by atoms with Crippen molar-refractivity contribution < 1.29 is 28.2 Å². The highest BCUT2D eigenvalue weighted by atomic mass is 32.2. The number of thioether (sulfide) groups is 1. The van der Waals surface area contributed by atoms with Gasteiger partial charge in [0.1, 0.15) is 10.7 Å². The number of cyclic esters (lactones) is 1. The quantitative estimate of drug-likeness (QED) is 0.716. The molecule has 0 saturated carbocycles. The second-order valence-electron chi connectivity index (χ2n) is 5.42. The molecule has 0 aromatic heterocycles. The Hall–Kier alpha value is -2.40. The lowest BCUT2D eigenvalue weighted by molar-refractivity contribution is -0.124. The lowest BCUT2D eigenvalue weighted by Gasteiger charge is -2.34. The van der Waals surface area contributed by atoms with Crippen LogP contribution in [0.5, 0.6) is 0 Å². The first-order valence-corrected chi connectivity index (χ1v) is 8.20. The maximum Gasteiger partial charge on any atom is 0.415 e. The topological polar surface area (TPSA) is 120 Å². The third-order valence-corrected chi connectivity index (χ3v) is 4.76. The zero-order chi connectivity index (χ0) is 18.3. The van der Waals surface area contributed by atoms with E-state index in [2.05, 4.69) is 0 Å². The van der Waals surface area contributed by atoms with Crippen LogP contribution in [0.2, 0.25) is 0 Å². The van der Waals surface area contributed by atoms with Gasteiger partial charge in [0.2, 0.25) is 0 Å². The van der Waals surface area contributed by atoms with E-state index in [1.54, 1.807) is 0 Å². The third-order valence-electron chi connectivity index (χ3n) is 3.85. The van der Waals surface area contributed by atoms with Gasteiger partial charge in [0.25, 0.3) is 5.91 Å². The molecule has 1 unspecified atom stereocenters. The first-order valence-electron chi connectivity index (χ1n) is 7.22. The Balaban J connectivity index is 1.92. The van der Waals surface area contributed by atoms with E-state index in [1.807, 2.05) is 0 Å². The average Bonchev–Trinajstić information content (AvgIpc) is 2.93. The van der Waals surface area contributed by atoms with Crippen LogP contribution in [0.25, 0.3) is 0 Å². The molecule has 0 bridgehead atoms. The maximum atomic E-state index is 14.5.